The highest BCUT2D eigenvalue weighted by atomic mass is 32.2. The third-order valence-electron chi connectivity index (χ3n) is 6.84. The van der Waals surface area contributed by atoms with E-state index in [1.165, 1.54) is 41.2 Å². The molecule has 4 aliphatic rings. The number of rotatable bonds is 6. The first-order chi connectivity index (χ1) is 13.6. The monoisotopic (exact) mass is 405 g/mol. The first-order valence-electron chi connectivity index (χ1n) is 10.9. The molecule has 0 bridgehead atoms. The second-order valence-corrected chi connectivity index (χ2v) is 9.94. The van der Waals surface area contributed by atoms with Gasteiger partial charge in [0.1, 0.15) is 0 Å². The van der Waals surface area contributed by atoms with Crippen molar-refractivity contribution >= 4 is 22.7 Å². The van der Waals surface area contributed by atoms with Gasteiger partial charge in [-0.05, 0) is 75.9 Å². The Labute approximate surface area is 173 Å². The lowest BCUT2D eigenvalue weighted by Crippen LogP contribution is -2.56. The summed E-state index contributed by atoms with van der Waals surface area (Å²) in [5.74, 6) is 0.884. The number of thioether (sulfide) groups is 1. The number of aliphatic imine (C=N–C) groups is 1. The van der Waals surface area contributed by atoms with Crippen LogP contribution in [0.3, 0.4) is 0 Å². The zero-order valence-corrected chi connectivity index (χ0v) is 18.3. The van der Waals surface area contributed by atoms with E-state index in [0.29, 0.717) is 37.5 Å². The van der Waals surface area contributed by atoms with Crippen LogP contribution in [0.15, 0.2) is 15.5 Å². The molecule has 6 nitrogen and oxygen atoms in total. The molecule has 28 heavy (non-hydrogen) atoms. The summed E-state index contributed by atoms with van der Waals surface area (Å²) in [7, 11) is 4.39. The largest absolute Gasteiger partial charge is 0.356 e. The first kappa shape index (κ1) is 20.4. The Morgan fingerprint density at radius 1 is 1.25 bits per heavy atom. The van der Waals surface area contributed by atoms with E-state index in [1.54, 1.807) is 0 Å². The van der Waals surface area contributed by atoms with Crippen molar-refractivity contribution in [2.24, 2.45) is 16.8 Å². The number of allylic oxidation sites excluding steroid dienone is 1. The topological polar surface area (TPSA) is 68.8 Å². The molecule has 3 N–H and O–H groups in total. The van der Waals surface area contributed by atoms with E-state index in [9.17, 15) is 4.79 Å². The van der Waals surface area contributed by atoms with Crippen LogP contribution in [0.2, 0.25) is 0 Å². The fraction of sp³-hybridized carbons (Fsp3) is 0.810. The second-order valence-electron chi connectivity index (χ2n) is 8.82. The third kappa shape index (κ3) is 4.18. The minimum atomic E-state index is 0.187. The number of fused-ring (bicyclic) bond motifs is 2. The van der Waals surface area contributed by atoms with Crippen LogP contribution >= 0.6 is 11.8 Å². The number of nitrogens with zero attached hydrogens (tertiary/aromatic N) is 2. The van der Waals surface area contributed by atoms with Crippen molar-refractivity contribution in [1.29, 1.82) is 0 Å². The molecule has 0 saturated heterocycles. The van der Waals surface area contributed by atoms with Crippen molar-refractivity contribution in [3.63, 3.8) is 0 Å². The van der Waals surface area contributed by atoms with Gasteiger partial charge in [0.15, 0.2) is 0 Å². The van der Waals surface area contributed by atoms with Gasteiger partial charge in [0, 0.05) is 25.0 Å². The van der Waals surface area contributed by atoms with E-state index in [-0.39, 0.29) is 12.1 Å². The average molecular weight is 406 g/mol. The first-order valence-corrected chi connectivity index (χ1v) is 11.8. The summed E-state index contributed by atoms with van der Waals surface area (Å²) in [4.78, 5) is 20.9. The second kappa shape index (κ2) is 8.86. The highest BCUT2D eigenvalue weighted by Gasteiger charge is 2.46. The number of nitrogens with one attached hydrogen (secondary N) is 3. The van der Waals surface area contributed by atoms with Crippen LogP contribution in [0, 0.1) is 11.8 Å². The molecule has 2 aliphatic carbocycles. The molecule has 1 saturated carbocycles. The smallest absolute Gasteiger partial charge is 0.220 e. The van der Waals surface area contributed by atoms with Gasteiger partial charge in [0.05, 0.1) is 23.8 Å². The molecule has 1 amide bonds. The van der Waals surface area contributed by atoms with Gasteiger partial charge in [0.25, 0.3) is 0 Å². The predicted molar refractivity (Wildman–Crippen MR) is 116 cm³/mol. The number of carbonyl (C=O) groups is 1. The zero-order valence-electron chi connectivity index (χ0n) is 17.5. The predicted octanol–water partition coefficient (Wildman–Crippen LogP) is 2.29. The van der Waals surface area contributed by atoms with E-state index in [0.717, 1.165) is 18.9 Å². The summed E-state index contributed by atoms with van der Waals surface area (Å²) in [5.41, 5.74) is 1.50. The molecule has 3 unspecified atom stereocenters. The van der Waals surface area contributed by atoms with Crippen LogP contribution in [0.25, 0.3) is 0 Å². The summed E-state index contributed by atoms with van der Waals surface area (Å²) in [6.45, 7) is 3.40. The highest BCUT2D eigenvalue weighted by molar-refractivity contribution is 8.17. The van der Waals surface area contributed by atoms with Gasteiger partial charge >= 0.3 is 0 Å². The van der Waals surface area contributed by atoms with Crippen LogP contribution in [0.5, 0.6) is 0 Å². The van der Waals surface area contributed by atoms with E-state index in [4.69, 9.17) is 4.99 Å². The van der Waals surface area contributed by atoms with Gasteiger partial charge in [0.2, 0.25) is 5.91 Å². The Balaban J connectivity index is 1.43. The Morgan fingerprint density at radius 3 is 2.75 bits per heavy atom. The molecule has 0 aromatic rings. The minimum Gasteiger partial charge on any atom is -0.356 e. The van der Waals surface area contributed by atoms with Gasteiger partial charge in [-0.25, -0.2) is 0 Å². The number of amides is 1. The fourth-order valence-electron chi connectivity index (χ4n) is 5.36. The molecule has 2 heterocycles. The van der Waals surface area contributed by atoms with E-state index >= 15 is 0 Å². The lowest BCUT2D eigenvalue weighted by Gasteiger charge is -2.39. The number of carbonyl (C=O) groups excluding carboxylic acids is 1. The molecule has 1 fully saturated rings. The van der Waals surface area contributed by atoms with Crippen molar-refractivity contribution in [2.45, 2.75) is 70.1 Å². The number of hydrogen-bond acceptors (Lipinski definition) is 6. The lowest BCUT2D eigenvalue weighted by molar-refractivity contribution is -0.121. The van der Waals surface area contributed by atoms with Crippen molar-refractivity contribution in [3.8, 4) is 0 Å². The molecule has 0 radical (unpaired) electrons. The van der Waals surface area contributed by atoms with E-state index in [2.05, 4.69) is 34.9 Å². The molecule has 2 aliphatic heterocycles. The van der Waals surface area contributed by atoms with Crippen molar-refractivity contribution < 1.29 is 4.79 Å². The Kier molecular flexibility index (Phi) is 6.45. The molecular weight excluding hydrogens is 370 g/mol. The minimum absolute atomic E-state index is 0.187. The van der Waals surface area contributed by atoms with Crippen LogP contribution in [-0.2, 0) is 4.79 Å². The van der Waals surface area contributed by atoms with Gasteiger partial charge < -0.3 is 10.2 Å². The highest BCUT2D eigenvalue weighted by Crippen LogP contribution is 2.52. The molecule has 3 atom stereocenters. The lowest BCUT2D eigenvalue weighted by atomic mass is 9.84. The SMILES string of the molecule is CCNC(=O)CC1CCC2=C1C1C(=NCNC1NC1CCC(N(C)C)CC1)S2. The average Bonchev–Trinajstić information content (AvgIpc) is 3.22. The maximum atomic E-state index is 12.2. The summed E-state index contributed by atoms with van der Waals surface area (Å²) < 4.78 is 0. The van der Waals surface area contributed by atoms with Crippen LogP contribution in [0.1, 0.15) is 51.9 Å². The van der Waals surface area contributed by atoms with Crippen molar-refractivity contribution in [1.82, 2.24) is 20.9 Å². The molecule has 0 spiro atoms. The molecule has 0 aromatic heterocycles. The molecular formula is C21H35N5OS. The maximum absolute atomic E-state index is 12.2. The van der Waals surface area contributed by atoms with Gasteiger partial charge in [-0.3, -0.25) is 20.4 Å². The van der Waals surface area contributed by atoms with E-state index < -0.39 is 0 Å². The quantitative estimate of drug-likeness (QED) is 0.633. The summed E-state index contributed by atoms with van der Waals surface area (Å²) >= 11 is 1.89. The van der Waals surface area contributed by atoms with Gasteiger partial charge in [-0.1, -0.05) is 11.8 Å². The van der Waals surface area contributed by atoms with Crippen LogP contribution < -0.4 is 16.0 Å². The van der Waals surface area contributed by atoms with Crippen molar-refractivity contribution in [2.75, 3.05) is 27.3 Å². The third-order valence-corrected chi connectivity index (χ3v) is 8.12. The fourth-order valence-corrected chi connectivity index (χ4v) is 6.76. The molecule has 0 aromatic carbocycles. The zero-order chi connectivity index (χ0) is 19.7. The van der Waals surface area contributed by atoms with Gasteiger partial charge in [-0.2, -0.15) is 0 Å². The maximum Gasteiger partial charge on any atom is 0.220 e. The summed E-state index contributed by atoms with van der Waals surface area (Å²) in [6.07, 6.45) is 8.11. The van der Waals surface area contributed by atoms with Crippen LogP contribution in [-0.4, -0.2) is 61.4 Å². The Hall–Kier alpha value is -0.890. The molecule has 7 heteroatoms. The van der Waals surface area contributed by atoms with Crippen LogP contribution in [0.4, 0.5) is 0 Å². The van der Waals surface area contributed by atoms with Gasteiger partial charge in [-0.15, -0.1) is 0 Å². The summed E-state index contributed by atoms with van der Waals surface area (Å²) in [5, 5.41) is 11.8. The normalized spacial score (nSPS) is 35.0. The standard InChI is InChI=1S/C21H35N5OS/c1-4-22-17(27)11-13-5-10-16-18(13)19-20(23-12-24-21(19)28-16)25-14-6-8-15(9-7-14)26(2)3/h13-15,19-20,23,25H,4-12H2,1-3H3,(H,22,27). The number of hydrogen-bond donors (Lipinski definition) is 3. The van der Waals surface area contributed by atoms with E-state index in [1.807, 2.05) is 18.7 Å². The Morgan fingerprint density at radius 2 is 2.04 bits per heavy atom. The van der Waals surface area contributed by atoms with Crippen molar-refractivity contribution in [3.05, 3.63) is 10.5 Å². The Bertz CT molecular complexity index is 653. The summed E-state index contributed by atoms with van der Waals surface area (Å²) in [6, 6.07) is 1.30. The molecule has 4 rings (SSSR count). The molecule has 156 valence electrons.